The Morgan fingerprint density at radius 1 is 1.21 bits per heavy atom. The molecule has 0 aliphatic rings. The Kier molecular flexibility index (Phi) is 4.36. The molecule has 0 saturated carbocycles. The summed E-state index contributed by atoms with van der Waals surface area (Å²) in [7, 11) is 0. The van der Waals surface area contributed by atoms with Crippen molar-refractivity contribution in [1.82, 2.24) is 10.3 Å². The highest BCUT2D eigenvalue weighted by atomic mass is 19.1. The van der Waals surface area contributed by atoms with Gasteiger partial charge in [-0.2, -0.15) is 0 Å². The predicted octanol–water partition coefficient (Wildman–Crippen LogP) is 3.39. The van der Waals surface area contributed by atoms with Gasteiger partial charge in [-0.05, 0) is 31.5 Å². The van der Waals surface area contributed by atoms with Crippen molar-refractivity contribution in [3.63, 3.8) is 0 Å². The SMILES string of the molecule is Cc1[nH]c2c(C(=O)NCC(O)c3ccccc3F)cccc2c1C. The van der Waals surface area contributed by atoms with Crippen molar-refractivity contribution in [1.29, 1.82) is 0 Å². The maximum absolute atomic E-state index is 13.7. The number of fused-ring (bicyclic) bond motifs is 1. The molecule has 24 heavy (non-hydrogen) atoms. The minimum Gasteiger partial charge on any atom is -0.386 e. The van der Waals surface area contributed by atoms with E-state index in [1.165, 1.54) is 12.1 Å². The first-order chi connectivity index (χ1) is 11.5. The number of amides is 1. The number of H-pyrrole nitrogens is 1. The van der Waals surface area contributed by atoms with Crippen molar-refractivity contribution in [3.8, 4) is 0 Å². The maximum Gasteiger partial charge on any atom is 0.253 e. The number of benzene rings is 2. The van der Waals surface area contributed by atoms with Crippen molar-refractivity contribution in [2.45, 2.75) is 20.0 Å². The summed E-state index contributed by atoms with van der Waals surface area (Å²) < 4.78 is 13.7. The van der Waals surface area contributed by atoms with Gasteiger partial charge in [-0.15, -0.1) is 0 Å². The molecular weight excluding hydrogens is 307 g/mol. The topological polar surface area (TPSA) is 65.1 Å². The summed E-state index contributed by atoms with van der Waals surface area (Å²) in [5.74, 6) is -0.797. The van der Waals surface area contributed by atoms with E-state index in [1.807, 2.05) is 26.0 Å². The number of rotatable bonds is 4. The van der Waals surface area contributed by atoms with Crippen LogP contribution in [0.4, 0.5) is 4.39 Å². The molecule has 0 saturated heterocycles. The average Bonchev–Trinajstić information content (AvgIpc) is 2.87. The lowest BCUT2D eigenvalue weighted by atomic mass is 10.1. The highest BCUT2D eigenvalue weighted by Crippen LogP contribution is 2.24. The number of aromatic amines is 1. The van der Waals surface area contributed by atoms with Crippen LogP contribution >= 0.6 is 0 Å². The Morgan fingerprint density at radius 3 is 2.71 bits per heavy atom. The standard InChI is InChI=1S/C19H19FN2O2/c1-11-12(2)22-18-13(11)7-5-8-15(18)19(24)21-10-17(23)14-6-3-4-9-16(14)20/h3-9,17,22-23H,10H2,1-2H3,(H,21,24). The molecule has 1 aromatic heterocycles. The average molecular weight is 326 g/mol. The van der Waals surface area contributed by atoms with Gasteiger partial charge in [0.25, 0.3) is 5.91 Å². The van der Waals surface area contributed by atoms with Crippen LogP contribution in [0.5, 0.6) is 0 Å². The van der Waals surface area contributed by atoms with Gasteiger partial charge in [0.15, 0.2) is 0 Å². The van der Waals surface area contributed by atoms with Crippen molar-refractivity contribution in [3.05, 3.63) is 70.7 Å². The normalized spacial score (nSPS) is 12.3. The van der Waals surface area contributed by atoms with Crippen LogP contribution in [0.3, 0.4) is 0 Å². The van der Waals surface area contributed by atoms with E-state index in [0.29, 0.717) is 5.56 Å². The fraction of sp³-hybridized carbons (Fsp3) is 0.211. The van der Waals surface area contributed by atoms with Gasteiger partial charge in [-0.1, -0.05) is 30.3 Å². The Labute approximate surface area is 139 Å². The number of nitrogens with one attached hydrogen (secondary N) is 2. The van der Waals surface area contributed by atoms with Gasteiger partial charge in [0.05, 0.1) is 17.2 Å². The van der Waals surface area contributed by atoms with Crippen LogP contribution in [-0.4, -0.2) is 22.5 Å². The van der Waals surface area contributed by atoms with Crippen LogP contribution < -0.4 is 5.32 Å². The maximum atomic E-state index is 13.7. The number of carbonyl (C=O) groups is 1. The van der Waals surface area contributed by atoms with Crippen LogP contribution in [0, 0.1) is 19.7 Å². The highest BCUT2D eigenvalue weighted by Gasteiger charge is 2.17. The van der Waals surface area contributed by atoms with Gasteiger partial charge >= 0.3 is 0 Å². The molecule has 0 fully saturated rings. The van der Waals surface area contributed by atoms with E-state index < -0.39 is 11.9 Å². The Hall–Kier alpha value is -2.66. The first-order valence-corrected chi connectivity index (χ1v) is 7.77. The Bertz CT molecular complexity index is 902. The second kappa shape index (κ2) is 6.45. The number of aliphatic hydroxyl groups excluding tert-OH is 1. The van der Waals surface area contributed by atoms with Gasteiger partial charge in [0.2, 0.25) is 0 Å². The molecule has 1 heterocycles. The molecule has 0 radical (unpaired) electrons. The number of aryl methyl sites for hydroxylation is 2. The van der Waals surface area contributed by atoms with E-state index in [2.05, 4.69) is 10.3 Å². The molecule has 1 amide bonds. The third-order valence-corrected chi connectivity index (χ3v) is 4.31. The van der Waals surface area contributed by atoms with E-state index in [9.17, 15) is 14.3 Å². The minimum absolute atomic E-state index is 0.0607. The molecule has 0 spiro atoms. The van der Waals surface area contributed by atoms with Crippen LogP contribution in [0.2, 0.25) is 0 Å². The third-order valence-electron chi connectivity index (χ3n) is 4.31. The summed E-state index contributed by atoms with van der Waals surface area (Å²) in [5.41, 5.74) is 3.56. The first kappa shape index (κ1) is 16.2. The molecule has 0 aliphatic heterocycles. The Balaban J connectivity index is 1.79. The van der Waals surface area contributed by atoms with Crippen LogP contribution in [0.1, 0.15) is 33.3 Å². The number of hydrogen-bond acceptors (Lipinski definition) is 2. The van der Waals surface area contributed by atoms with Gasteiger partial charge < -0.3 is 15.4 Å². The van der Waals surface area contributed by atoms with Crippen molar-refractivity contribution in [2.24, 2.45) is 0 Å². The molecule has 1 atom stereocenters. The van der Waals surface area contributed by atoms with Gasteiger partial charge in [-0.3, -0.25) is 4.79 Å². The predicted molar refractivity (Wildman–Crippen MR) is 91.5 cm³/mol. The molecule has 0 bridgehead atoms. The zero-order chi connectivity index (χ0) is 17.3. The lowest BCUT2D eigenvalue weighted by Crippen LogP contribution is -2.28. The summed E-state index contributed by atoms with van der Waals surface area (Å²) >= 11 is 0. The van der Waals surface area contributed by atoms with E-state index in [4.69, 9.17) is 0 Å². The second-order valence-electron chi connectivity index (χ2n) is 5.85. The number of hydrogen-bond donors (Lipinski definition) is 3. The van der Waals surface area contributed by atoms with E-state index >= 15 is 0 Å². The summed E-state index contributed by atoms with van der Waals surface area (Å²) in [6.45, 7) is 3.89. The van der Waals surface area contributed by atoms with Gasteiger partial charge in [-0.25, -0.2) is 4.39 Å². The zero-order valence-corrected chi connectivity index (χ0v) is 13.6. The van der Waals surface area contributed by atoms with E-state index in [0.717, 1.165) is 22.2 Å². The molecular formula is C19H19FN2O2. The van der Waals surface area contributed by atoms with E-state index in [-0.39, 0.29) is 18.0 Å². The summed E-state index contributed by atoms with van der Waals surface area (Å²) in [6.07, 6.45) is -1.10. The summed E-state index contributed by atoms with van der Waals surface area (Å²) in [4.78, 5) is 15.7. The van der Waals surface area contributed by atoms with Gasteiger partial charge in [0.1, 0.15) is 5.82 Å². The molecule has 3 N–H and O–H groups in total. The van der Waals surface area contributed by atoms with Crippen molar-refractivity contribution in [2.75, 3.05) is 6.54 Å². The lowest BCUT2D eigenvalue weighted by Gasteiger charge is -2.13. The number of carbonyl (C=O) groups excluding carboxylic acids is 1. The molecule has 4 nitrogen and oxygen atoms in total. The second-order valence-corrected chi connectivity index (χ2v) is 5.85. The van der Waals surface area contributed by atoms with Gasteiger partial charge in [0, 0.05) is 23.2 Å². The molecule has 5 heteroatoms. The third kappa shape index (κ3) is 2.90. The molecule has 3 rings (SSSR count). The van der Waals surface area contributed by atoms with Crippen molar-refractivity contribution >= 4 is 16.8 Å². The van der Waals surface area contributed by atoms with Crippen LogP contribution in [0.25, 0.3) is 10.9 Å². The number of halogens is 1. The first-order valence-electron chi connectivity index (χ1n) is 7.77. The van der Waals surface area contributed by atoms with Crippen molar-refractivity contribution < 1.29 is 14.3 Å². The fourth-order valence-electron chi connectivity index (χ4n) is 2.81. The number of aromatic nitrogens is 1. The zero-order valence-electron chi connectivity index (χ0n) is 13.6. The van der Waals surface area contributed by atoms with Crippen LogP contribution in [0.15, 0.2) is 42.5 Å². The van der Waals surface area contributed by atoms with E-state index in [1.54, 1.807) is 18.2 Å². The Morgan fingerprint density at radius 2 is 1.96 bits per heavy atom. The summed E-state index contributed by atoms with van der Waals surface area (Å²) in [5, 5.41) is 13.8. The highest BCUT2D eigenvalue weighted by molar-refractivity contribution is 6.06. The lowest BCUT2D eigenvalue weighted by molar-refractivity contribution is 0.0915. The largest absolute Gasteiger partial charge is 0.386 e. The quantitative estimate of drug-likeness (QED) is 0.688. The smallest absolute Gasteiger partial charge is 0.253 e. The minimum atomic E-state index is -1.10. The molecule has 124 valence electrons. The monoisotopic (exact) mass is 326 g/mol. The molecule has 1 unspecified atom stereocenters. The van der Waals surface area contributed by atoms with Crippen LogP contribution in [-0.2, 0) is 0 Å². The summed E-state index contributed by atoms with van der Waals surface area (Å²) in [6, 6.07) is 11.5. The molecule has 0 aliphatic carbocycles. The number of aliphatic hydroxyl groups is 1. The number of para-hydroxylation sites is 1. The molecule has 3 aromatic rings. The molecule has 2 aromatic carbocycles. The fourth-order valence-corrected chi connectivity index (χ4v) is 2.81.